The third-order valence-corrected chi connectivity index (χ3v) is 4.56. The van der Waals surface area contributed by atoms with Crippen LogP contribution in [0.5, 0.6) is 5.75 Å². The smallest absolute Gasteiger partial charge is 0.147 e. The maximum atomic E-state index is 5.99. The normalized spacial score (nSPS) is 17.2. The number of aryl methyl sites for hydroxylation is 1. The Bertz CT molecular complexity index is 644. The molecule has 4 heteroatoms. The first-order chi connectivity index (χ1) is 10.0. The number of hydrogen-bond acceptors (Lipinski definition) is 2. The fraction of sp³-hybridized carbons (Fsp3) is 0.588. The number of nitrogens with zero attached hydrogens (tertiary/aromatic N) is 2. The van der Waals surface area contributed by atoms with Crippen LogP contribution in [0, 0.1) is 0 Å². The van der Waals surface area contributed by atoms with E-state index in [9.17, 15) is 0 Å². The lowest BCUT2D eigenvalue weighted by Crippen LogP contribution is -2.38. The first-order valence-electron chi connectivity index (χ1n) is 7.78. The van der Waals surface area contributed by atoms with Gasteiger partial charge in [0, 0.05) is 17.8 Å². The second-order valence-corrected chi connectivity index (χ2v) is 6.82. The number of alkyl halides is 1. The Labute approximate surface area is 131 Å². The van der Waals surface area contributed by atoms with Crippen molar-refractivity contribution in [3.05, 3.63) is 24.0 Å². The number of imidazole rings is 1. The highest BCUT2D eigenvalue weighted by atomic mass is 35.5. The minimum absolute atomic E-state index is 0.150. The number of benzene rings is 1. The van der Waals surface area contributed by atoms with Gasteiger partial charge in [-0.15, -0.1) is 11.6 Å². The third-order valence-electron chi connectivity index (χ3n) is 4.37. The van der Waals surface area contributed by atoms with Crippen LogP contribution in [-0.2, 0) is 12.0 Å². The van der Waals surface area contributed by atoms with Gasteiger partial charge in [0.1, 0.15) is 17.1 Å². The zero-order chi connectivity index (χ0) is 15.0. The molecule has 0 atom stereocenters. The largest absolute Gasteiger partial charge is 0.489 e. The van der Waals surface area contributed by atoms with Crippen molar-refractivity contribution in [2.75, 3.05) is 5.88 Å². The zero-order valence-electron chi connectivity index (χ0n) is 13.0. The standard InChI is InChI=1S/C17H23ClN2O/c1-12(2)21-14-7-4-6-13-16(14)19-15(8-11-18)20(13)17(3)9-5-10-17/h4,6-7,12H,5,8-11H2,1-3H3. The van der Waals surface area contributed by atoms with Gasteiger partial charge in [0.2, 0.25) is 0 Å². The molecule has 3 nitrogen and oxygen atoms in total. The quantitative estimate of drug-likeness (QED) is 0.760. The van der Waals surface area contributed by atoms with E-state index in [1.807, 2.05) is 19.9 Å². The van der Waals surface area contributed by atoms with Crippen LogP contribution in [0.2, 0.25) is 0 Å². The number of ether oxygens (including phenoxy) is 1. The van der Waals surface area contributed by atoms with Crippen molar-refractivity contribution in [3.8, 4) is 5.75 Å². The molecule has 114 valence electrons. The average Bonchev–Trinajstić information content (AvgIpc) is 2.76. The molecular weight excluding hydrogens is 284 g/mol. The van der Waals surface area contributed by atoms with Gasteiger partial charge in [-0.25, -0.2) is 4.98 Å². The molecular formula is C17H23ClN2O. The maximum absolute atomic E-state index is 5.99. The summed E-state index contributed by atoms with van der Waals surface area (Å²) >= 11 is 5.99. The maximum Gasteiger partial charge on any atom is 0.147 e. The summed E-state index contributed by atoms with van der Waals surface area (Å²) in [6.07, 6.45) is 4.66. The SMILES string of the molecule is CC(C)Oc1cccc2c1nc(CCCl)n2C1(C)CCC1. The van der Waals surface area contributed by atoms with Gasteiger partial charge in [-0.2, -0.15) is 0 Å². The summed E-state index contributed by atoms with van der Waals surface area (Å²) in [6, 6.07) is 6.22. The summed E-state index contributed by atoms with van der Waals surface area (Å²) in [7, 11) is 0. The Morgan fingerprint density at radius 2 is 2.14 bits per heavy atom. The van der Waals surface area contributed by atoms with Crippen molar-refractivity contribution >= 4 is 22.6 Å². The number of hydrogen-bond donors (Lipinski definition) is 0. The van der Waals surface area contributed by atoms with Crippen molar-refractivity contribution < 1.29 is 4.74 Å². The van der Waals surface area contributed by atoms with Crippen LogP contribution in [0.1, 0.15) is 45.9 Å². The van der Waals surface area contributed by atoms with E-state index >= 15 is 0 Å². The first kappa shape index (κ1) is 14.7. The van der Waals surface area contributed by atoms with Crippen LogP contribution in [-0.4, -0.2) is 21.5 Å². The molecule has 1 saturated carbocycles. The first-order valence-corrected chi connectivity index (χ1v) is 8.32. The van der Waals surface area contributed by atoms with E-state index in [1.54, 1.807) is 0 Å². The van der Waals surface area contributed by atoms with Crippen molar-refractivity contribution in [2.45, 2.75) is 58.1 Å². The number of aromatic nitrogens is 2. The average molecular weight is 307 g/mol. The minimum Gasteiger partial charge on any atom is -0.489 e. The van der Waals surface area contributed by atoms with Gasteiger partial charge >= 0.3 is 0 Å². The van der Waals surface area contributed by atoms with Gasteiger partial charge in [-0.3, -0.25) is 0 Å². The Hall–Kier alpha value is -1.22. The lowest BCUT2D eigenvalue weighted by atomic mass is 9.78. The molecule has 0 radical (unpaired) electrons. The third kappa shape index (κ3) is 2.52. The van der Waals surface area contributed by atoms with Gasteiger partial charge in [-0.1, -0.05) is 6.07 Å². The van der Waals surface area contributed by atoms with Crippen LogP contribution >= 0.6 is 11.6 Å². The molecule has 3 rings (SSSR count). The van der Waals surface area contributed by atoms with Crippen molar-refractivity contribution in [2.24, 2.45) is 0 Å². The van der Waals surface area contributed by atoms with Crippen molar-refractivity contribution in [1.29, 1.82) is 0 Å². The number of para-hydroxylation sites is 1. The highest BCUT2D eigenvalue weighted by molar-refractivity contribution is 6.17. The molecule has 0 unspecified atom stereocenters. The van der Waals surface area contributed by atoms with Gasteiger partial charge in [0.25, 0.3) is 0 Å². The summed E-state index contributed by atoms with van der Waals surface area (Å²) < 4.78 is 8.33. The molecule has 1 aliphatic rings. The highest BCUT2D eigenvalue weighted by Gasteiger charge is 2.36. The molecule has 1 aromatic heterocycles. The van der Waals surface area contributed by atoms with E-state index in [0.717, 1.165) is 23.5 Å². The molecule has 0 spiro atoms. The Morgan fingerprint density at radius 1 is 1.38 bits per heavy atom. The lowest BCUT2D eigenvalue weighted by molar-refractivity contribution is 0.170. The van der Waals surface area contributed by atoms with Crippen LogP contribution < -0.4 is 4.74 Å². The second kappa shape index (κ2) is 5.53. The topological polar surface area (TPSA) is 27.1 Å². The van der Waals surface area contributed by atoms with E-state index in [-0.39, 0.29) is 11.6 Å². The summed E-state index contributed by atoms with van der Waals surface area (Å²) in [5.41, 5.74) is 2.34. The number of halogens is 1. The predicted molar refractivity (Wildman–Crippen MR) is 87.4 cm³/mol. The van der Waals surface area contributed by atoms with E-state index in [1.165, 1.54) is 24.8 Å². The van der Waals surface area contributed by atoms with E-state index in [0.29, 0.717) is 5.88 Å². The molecule has 2 aromatic rings. The molecule has 1 fully saturated rings. The summed E-state index contributed by atoms with van der Waals surface area (Å²) in [5, 5.41) is 0. The van der Waals surface area contributed by atoms with Gasteiger partial charge < -0.3 is 9.30 Å². The molecule has 0 aliphatic heterocycles. The minimum atomic E-state index is 0.150. The van der Waals surface area contributed by atoms with Gasteiger partial charge in [0.05, 0.1) is 11.6 Å². The molecule has 1 aliphatic carbocycles. The molecule has 0 saturated heterocycles. The number of fused-ring (bicyclic) bond motifs is 1. The molecule has 1 heterocycles. The second-order valence-electron chi connectivity index (χ2n) is 6.44. The van der Waals surface area contributed by atoms with Gasteiger partial charge in [0.15, 0.2) is 0 Å². The lowest BCUT2D eigenvalue weighted by Gasteiger charge is -2.41. The van der Waals surface area contributed by atoms with E-state index < -0.39 is 0 Å². The van der Waals surface area contributed by atoms with Crippen molar-refractivity contribution in [1.82, 2.24) is 9.55 Å². The highest BCUT2D eigenvalue weighted by Crippen LogP contribution is 2.42. The van der Waals surface area contributed by atoms with Crippen LogP contribution in [0.4, 0.5) is 0 Å². The fourth-order valence-electron chi connectivity index (χ4n) is 3.24. The molecule has 0 N–H and O–H groups in total. The van der Waals surface area contributed by atoms with Crippen LogP contribution in [0.15, 0.2) is 18.2 Å². The van der Waals surface area contributed by atoms with Crippen LogP contribution in [0.25, 0.3) is 11.0 Å². The Balaban J connectivity index is 2.17. The number of rotatable bonds is 5. The Kier molecular flexibility index (Phi) is 3.87. The van der Waals surface area contributed by atoms with Crippen LogP contribution in [0.3, 0.4) is 0 Å². The van der Waals surface area contributed by atoms with E-state index in [2.05, 4.69) is 23.6 Å². The Morgan fingerprint density at radius 3 is 2.71 bits per heavy atom. The van der Waals surface area contributed by atoms with Gasteiger partial charge in [-0.05, 0) is 52.2 Å². The monoisotopic (exact) mass is 306 g/mol. The summed E-state index contributed by atoms with van der Waals surface area (Å²) in [6.45, 7) is 6.41. The fourth-order valence-corrected chi connectivity index (χ4v) is 3.41. The van der Waals surface area contributed by atoms with E-state index in [4.69, 9.17) is 21.3 Å². The van der Waals surface area contributed by atoms with Crippen molar-refractivity contribution in [3.63, 3.8) is 0 Å². The summed E-state index contributed by atoms with van der Waals surface area (Å²) in [5.74, 6) is 2.56. The molecule has 0 bridgehead atoms. The molecule has 0 amide bonds. The summed E-state index contributed by atoms with van der Waals surface area (Å²) in [4.78, 5) is 4.86. The zero-order valence-corrected chi connectivity index (χ0v) is 13.8. The molecule has 1 aromatic carbocycles. The predicted octanol–water partition coefficient (Wildman–Crippen LogP) is 4.50. The molecule has 21 heavy (non-hydrogen) atoms.